The van der Waals surface area contributed by atoms with Crippen LogP contribution in [0.4, 0.5) is 5.82 Å². The molecule has 166 valence electrons. The average molecular weight is 454 g/mol. The number of aromatic nitrogens is 1. The van der Waals surface area contributed by atoms with Crippen LogP contribution < -0.4 is 15.4 Å². The van der Waals surface area contributed by atoms with E-state index < -0.39 is 17.9 Å². The summed E-state index contributed by atoms with van der Waals surface area (Å²) in [7, 11) is 0. The Kier molecular flexibility index (Phi) is 8.45. The van der Waals surface area contributed by atoms with Gasteiger partial charge in [-0.15, -0.1) is 0 Å². The second-order valence-electron chi connectivity index (χ2n) is 7.04. The van der Waals surface area contributed by atoms with E-state index in [1.165, 1.54) is 0 Å². The number of carboxylic acid groups (broad SMARTS) is 1. The number of carbonyl (C=O) groups is 2. The Morgan fingerprint density at radius 1 is 1.03 bits per heavy atom. The second-order valence-corrected chi connectivity index (χ2v) is 7.44. The Labute approximate surface area is 191 Å². The summed E-state index contributed by atoms with van der Waals surface area (Å²) in [6.45, 7) is 1.27. The van der Waals surface area contributed by atoms with Gasteiger partial charge in [0.25, 0.3) is 5.91 Å². The van der Waals surface area contributed by atoms with Gasteiger partial charge in [0.05, 0.1) is 17.2 Å². The summed E-state index contributed by atoms with van der Waals surface area (Å²) in [5.74, 6) is -0.126. The molecule has 3 aromatic rings. The molecule has 0 saturated heterocycles. The van der Waals surface area contributed by atoms with Crippen LogP contribution in [0.2, 0.25) is 5.02 Å². The van der Waals surface area contributed by atoms with Gasteiger partial charge in [-0.25, -0.2) is 9.78 Å². The summed E-state index contributed by atoms with van der Waals surface area (Å²) < 4.78 is 5.73. The molecule has 0 aliphatic carbocycles. The first kappa shape index (κ1) is 23.1. The molecular weight excluding hydrogens is 430 g/mol. The second kappa shape index (κ2) is 11.7. The maximum absolute atomic E-state index is 12.4. The lowest BCUT2D eigenvalue weighted by Crippen LogP contribution is -2.42. The minimum Gasteiger partial charge on any atom is -0.494 e. The number of carbonyl (C=O) groups excluding carboxylic acids is 1. The van der Waals surface area contributed by atoms with Gasteiger partial charge in [-0.3, -0.25) is 4.79 Å². The molecule has 1 amide bonds. The number of halogens is 1. The summed E-state index contributed by atoms with van der Waals surface area (Å²) in [6.07, 6.45) is 2.67. The predicted octanol–water partition coefficient (Wildman–Crippen LogP) is 4.04. The molecule has 0 radical (unpaired) electrons. The van der Waals surface area contributed by atoms with Crippen LogP contribution in [0.1, 0.15) is 22.3 Å². The fourth-order valence-corrected chi connectivity index (χ4v) is 3.21. The van der Waals surface area contributed by atoms with E-state index in [1.54, 1.807) is 54.7 Å². The van der Waals surface area contributed by atoms with Crippen LogP contribution >= 0.6 is 11.6 Å². The van der Waals surface area contributed by atoms with Gasteiger partial charge in [0.2, 0.25) is 0 Å². The van der Waals surface area contributed by atoms with E-state index in [0.717, 1.165) is 24.3 Å². The van der Waals surface area contributed by atoms with Crippen molar-refractivity contribution in [2.75, 3.05) is 18.5 Å². The first-order valence-electron chi connectivity index (χ1n) is 10.2. The monoisotopic (exact) mass is 453 g/mol. The first-order valence-corrected chi connectivity index (χ1v) is 10.6. The van der Waals surface area contributed by atoms with E-state index in [1.807, 2.05) is 18.2 Å². The van der Waals surface area contributed by atoms with Gasteiger partial charge in [0.15, 0.2) is 0 Å². The number of nitrogens with zero attached hydrogens (tertiary/aromatic N) is 1. The third-order valence-electron chi connectivity index (χ3n) is 4.65. The number of anilines is 1. The summed E-state index contributed by atoms with van der Waals surface area (Å²) >= 11 is 6.02. The quantitative estimate of drug-likeness (QED) is 0.379. The standard InChI is InChI=1S/C24H24ClN3O4/c25-20-7-2-1-6-19(20)23(29)28-21(24(30)31)16-17-9-11-18(12-10-17)32-15-5-14-27-22-8-3-4-13-26-22/h1-4,6-13,21H,5,14-16H2,(H,26,27)(H,28,29)(H,30,31)/t21-/m0/s1. The first-order chi connectivity index (χ1) is 15.5. The molecule has 1 atom stereocenters. The topological polar surface area (TPSA) is 101 Å². The number of ether oxygens (including phenoxy) is 1. The van der Waals surface area contributed by atoms with E-state index >= 15 is 0 Å². The molecule has 0 fully saturated rings. The number of hydrogen-bond donors (Lipinski definition) is 3. The van der Waals surface area contributed by atoms with Crippen LogP contribution in [0.3, 0.4) is 0 Å². The van der Waals surface area contributed by atoms with Crippen LogP contribution in [-0.4, -0.2) is 41.2 Å². The van der Waals surface area contributed by atoms with Crippen molar-refractivity contribution in [1.29, 1.82) is 0 Å². The molecule has 0 saturated carbocycles. The lowest BCUT2D eigenvalue weighted by molar-refractivity contribution is -0.139. The number of benzene rings is 2. The molecule has 1 aromatic heterocycles. The van der Waals surface area contributed by atoms with Gasteiger partial charge in [0, 0.05) is 19.2 Å². The Balaban J connectivity index is 1.47. The minimum absolute atomic E-state index is 0.139. The lowest BCUT2D eigenvalue weighted by Gasteiger charge is -2.15. The van der Waals surface area contributed by atoms with E-state index in [-0.39, 0.29) is 17.0 Å². The van der Waals surface area contributed by atoms with Gasteiger partial charge in [0.1, 0.15) is 17.6 Å². The SMILES string of the molecule is O=C(N[C@@H](Cc1ccc(OCCCNc2ccccn2)cc1)C(=O)O)c1ccccc1Cl. The lowest BCUT2D eigenvalue weighted by atomic mass is 10.1. The molecule has 3 rings (SSSR count). The van der Waals surface area contributed by atoms with Gasteiger partial charge < -0.3 is 20.5 Å². The third kappa shape index (κ3) is 6.99. The predicted molar refractivity (Wildman–Crippen MR) is 123 cm³/mol. The Hall–Kier alpha value is -3.58. The molecule has 0 bridgehead atoms. The molecule has 0 aliphatic heterocycles. The molecule has 0 spiro atoms. The smallest absolute Gasteiger partial charge is 0.326 e. The highest BCUT2D eigenvalue weighted by atomic mass is 35.5. The van der Waals surface area contributed by atoms with Crippen molar-refractivity contribution in [3.8, 4) is 5.75 Å². The number of aliphatic carboxylic acids is 1. The third-order valence-corrected chi connectivity index (χ3v) is 4.98. The molecule has 3 N–H and O–H groups in total. The summed E-state index contributed by atoms with van der Waals surface area (Å²) in [5, 5.41) is 15.5. The van der Waals surface area contributed by atoms with Crippen molar-refractivity contribution >= 4 is 29.3 Å². The molecule has 7 nitrogen and oxygen atoms in total. The molecule has 8 heteroatoms. The normalized spacial score (nSPS) is 11.4. The van der Waals surface area contributed by atoms with E-state index in [4.69, 9.17) is 16.3 Å². The van der Waals surface area contributed by atoms with Crippen molar-refractivity contribution in [3.63, 3.8) is 0 Å². The average Bonchev–Trinajstić information content (AvgIpc) is 2.80. The fourth-order valence-electron chi connectivity index (χ4n) is 2.98. The number of rotatable bonds is 11. The van der Waals surface area contributed by atoms with Gasteiger partial charge in [-0.05, 0) is 48.4 Å². The maximum Gasteiger partial charge on any atom is 0.326 e. The molecule has 2 aromatic carbocycles. The number of carboxylic acids is 1. The van der Waals surface area contributed by atoms with E-state index in [2.05, 4.69) is 15.6 Å². The van der Waals surface area contributed by atoms with Crippen LogP contribution in [0.5, 0.6) is 5.75 Å². The Bertz CT molecular complexity index is 1030. The molecule has 0 unspecified atom stereocenters. The number of nitrogens with one attached hydrogen (secondary N) is 2. The van der Waals surface area contributed by atoms with Crippen LogP contribution in [-0.2, 0) is 11.2 Å². The molecule has 32 heavy (non-hydrogen) atoms. The van der Waals surface area contributed by atoms with Gasteiger partial charge >= 0.3 is 5.97 Å². The molecule has 0 aliphatic rings. The summed E-state index contributed by atoms with van der Waals surface area (Å²) in [4.78, 5) is 28.2. The Morgan fingerprint density at radius 2 is 1.78 bits per heavy atom. The largest absolute Gasteiger partial charge is 0.494 e. The van der Waals surface area contributed by atoms with Crippen LogP contribution in [0.15, 0.2) is 72.9 Å². The van der Waals surface area contributed by atoms with E-state index in [9.17, 15) is 14.7 Å². The number of amides is 1. The van der Waals surface area contributed by atoms with Crippen molar-refractivity contribution in [2.24, 2.45) is 0 Å². The highest BCUT2D eigenvalue weighted by Gasteiger charge is 2.22. The minimum atomic E-state index is -1.12. The number of hydrogen-bond acceptors (Lipinski definition) is 5. The Morgan fingerprint density at radius 3 is 2.47 bits per heavy atom. The van der Waals surface area contributed by atoms with Crippen molar-refractivity contribution < 1.29 is 19.4 Å². The zero-order chi connectivity index (χ0) is 22.8. The number of pyridine rings is 1. The highest BCUT2D eigenvalue weighted by Crippen LogP contribution is 2.17. The highest BCUT2D eigenvalue weighted by molar-refractivity contribution is 6.33. The zero-order valence-corrected chi connectivity index (χ0v) is 18.1. The fraction of sp³-hybridized carbons (Fsp3) is 0.208. The molecular formula is C24H24ClN3O4. The van der Waals surface area contributed by atoms with Crippen molar-refractivity contribution in [2.45, 2.75) is 18.9 Å². The van der Waals surface area contributed by atoms with E-state index in [0.29, 0.717) is 12.4 Å². The summed E-state index contributed by atoms with van der Waals surface area (Å²) in [6, 6.07) is 18.3. The summed E-state index contributed by atoms with van der Waals surface area (Å²) in [5.41, 5.74) is 1.00. The van der Waals surface area contributed by atoms with Gasteiger partial charge in [-0.2, -0.15) is 0 Å². The molecule has 1 heterocycles. The zero-order valence-electron chi connectivity index (χ0n) is 17.3. The van der Waals surface area contributed by atoms with Gasteiger partial charge in [-0.1, -0.05) is 41.9 Å². The maximum atomic E-state index is 12.4. The van der Waals surface area contributed by atoms with Crippen LogP contribution in [0, 0.1) is 0 Å². The van der Waals surface area contributed by atoms with Crippen molar-refractivity contribution in [1.82, 2.24) is 10.3 Å². The van der Waals surface area contributed by atoms with Crippen LogP contribution in [0.25, 0.3) is 0 Å². The van der Waals surface area contributed by atoms with Crippen molar-refractivity contribution in [3.05, 3.63) is 89.1 Å².